The molecule has 18 heavy (non-hydrogen) atoms. The molecule has 2 rings (SSSR count). The van der Waals surface area contributed by atoms with Crippen molar-refractivity contribution in [3.8, 4) is 5.75 Å². The van der Waals surface area contributed by atoms with Crippen molar-refractivity contribution in [2.45, 2.75) is 52.5 Å². The van der Waals surface area contributed by atoms with E-state index in [4.69, 9.17) is 4.74 Å². The molecule has 0 bridgehead atoms. The number of ether oxygens (including phenoxy) is 1. The van der Waals surface area contributed by atoms with Gasteiger partial charge in [-0.1, -0.05) is 25.8 Å². The molecule has 0 aromatic heterocycles. The van der Waals surface area contributed by atoms with Gasteiger partial charge in [0.25, 0.3) is 0 Å². The van der Waals surface area contributed by atoms with Gasteiger partial charge in [-0.2, -0.15) is 0 Å². The lowest BCUT2D eigenvalue weighted by atomic mass is 10.1. The van der Waals surface area contributed by atoms with E-state index in [0.717, 1.165) is 30.4 Å². The van der Waals surface area contributed by atoms with Crippen molar-refractivity contribution in [1.82, 2.24) is 0 Å². The standard InChI is InChI=1S/C16H25NO/c1-4-9-18-16-10-12(2)5-8-15(16)17-13(3)11-14-6-7-14/h5,8,10,13-14,17H,4,6-7,9,11H2,1-3H3. The van der Waals surface area contributed by atoms with Gasteiger partial charge in [0, 0.05) is 6.04 Å². The van der Waals surface area contributed by atoms with Crippen LogP contribution < -0.4 is 10.1 Å². The zero-order valence-corrected chi connectivity index (χ0v) is 11.8. The van der Waals surface area contributed by atoms with E-state index in [1.54, 1.807) is 0 Å². The number of benzene rings is 1. The molecule has 1 fully saturated rings. The van der Waals surface area contributed by atoms with Crippen molar-refractivity contribution in [3.63, 3.8) is 0 Å². The van der Waals surface area contributed by atoms with Crippen LogP contribution >= 0.6 is 0 Å². The number of anilines is 1. The summed E-state index contributed by atoms with van der Waals surface area (Å²) >= 11 is 0. The average molecular weight is 247 g/mol. The van der Waals surface area contributed by atoms with Gasteiger partial charge in [0.1, 0.15) is 5.75 Å². The molecule has 0 amide bonds. The Kier molecular flexibility index (Phi) is 4.51. The van der Waals surface area contributed by atoms with E-state index >= 15 is 0 Å². The van der Waals surface area contributed by atoms with Gasteiger partial charge in [-0.05, 0) is 50.3 Å². The second-order valence-corrected chi connectivity index (χ2v) is 5.57. The van der Waals surface area contributed by atoms with Crippen LogP contribution in [-0.4, -0.2) is 12.6 Å². The normalized spacial score (nSPS) is 16.4. The molecule has 1 aromatic carbocycles. The second-order valence-electron chi connectivity index (χ2n) is 5.57. The maximum Gasteiger partial charge on any atom is 0.142 e. The van der Waals surface area contributed by atoms with Crippen molar-refractivity contribution in [2.24, 2.45) is 5.92 Å². The Labute approximate surface area is 111 Å². The van der Waals surface area contributed by atoms with Gasteiger partial charge >= 0.3 is 0 Å². The predicted molar refractivity (Wildman–Crippen MR) is 77.4 cm³/mol. The zero-order valence-electron chi connectivity index (χ0n) is 11.8. The monoisotopic (exact) mass is 247 g/mol. The number of hydrogen-bond acceptors (Lipinski definition) is 2. The average Bonchev–Trinajstić information content (AvgIpc) is 3.13. The number of hydrogen-bond donors (Lipinski definition) is 1. The molecule has 1 aliphatic rings. The quantitative estimate of drug-likeness (QED) is 0.772. The topological polar surface area (TPSA) is 21.3 Å². The Morgan fingerprint density at radius 2 is 2.17 bits per heavy atom. The lowest BCUT2D eigenvalue weighted by molar-refractivity contribution is 0.318. The number of nitrogens with one attached hydrogen (secondary N) is 1. The summed E-state index contributed by atoms with van der Waals surface area (Å²) in [5.74, 6) is 1.96. The minimum atomic E-state index is 0.532. The van der Waals surface area contributed by atoms with Crippen LogP contribution in [0.3, 0.4) is 0 Å². The molecule has 0 radical (unpaired) electrons. The van der Waals surface area contributed by atoms with Crippen molar-refractivity contribution in [3.05, 3.63) is 23.8 Å². The Bertz CT molecular complexity index is 385. The highest BCUT2D eigenvalue weighted by Crippen LogP contribution is 2.35. The van der Waals surface area contributed by atoms with Crippen LogP contribution in [0.25, 0.3) is 0 Å². The van der Waals surface area contributed by atoms with Gasteiger partial charge in [-0.15, -0.1) is 0 Å². The van der Waals surface area contributed by atoms with E-state index in [0.29, 0.717) is 6.04 Å². The maximum atomic E-state index is 5.83. The van der Waals surface area contributed by atoms with E-state index in [9.17, 15) is 0 Å². The van der Waals surface area contributed by atoms with Gasteiger partial charge in [0.15, 0.2) is 0 Å². The zero-order chi connectivity index (χ0) is 13.0. The van der Waals surface area contributed by atoms with Crippen molar-refractivity contribution in [1.29, 1.82) is 0 Å². The van der Waals surface area contributed by atoms with Crippen molar-refractivity contribution < 1.29 is 4.74 Å². The Balaban J connectivity index is 1.99. The summed E-state index contributed by atoms with van der Waals surface area (Å²) in [5, 5.41) is 3.59. The predicted octanol–water partition coefficient (Wildman–Crippen LogP) is 4.38. The van der Waals surface area contributed by atoms with Crippen LogP contribution in [0.15, 0.2) is 18.2 Å². The fourth-order valence-electron chi connectivity index (χ4n) is 2.26. The van der Waals surface area contributed by atoms with Crippen molar-refractivity contribution in [2.75, 3.05) is 11.9 Å². The highest BCUT2D eigenvalue weighted by atomic mass is 16.5. The van der Waals surface area contributed by atoms with Gasteiger partial charge in [0.05, 0.1) is 12.3 Å². The smallest absolute Gasteiger partial charge is 0.142 e. The molecule has 1 aliphatic carbocycles. The first-order valence-electron chi connectivity index (χ1n) is 7.19. The molecule has 1 atom stereocenters. The van der Waals surface area contributed by atoms with Crippen LogP contribution in [-0.2, 0) is 0 Å². The highest BCUT2D eigenvalue weighted by Gasteiger charge is 2.23. The summed E-state index contributed by atoms with van der Waals surface area (Å²) in [6.07, 6.45) is 5.16. The van der Waals surface area contributed by atoms with Gasteiger partial charge in [-0.25, -0.2) is 0 Å². The summed E-state index contributed by atoms with van der Waals surface area (Å²) in [7, 11) is 0. The van der Waals surface area contributed by atoms with E-state index in [1.165, 1.54) is 24.8 Å². The maximum absolute atomic E-state index is 5.83. The SMILES string of the molecule is CCCOc1cc(C)ccc1NC(C)CC1CC1. The van der Waals surface area contributed by atoms with Gasteiger partial charge in [0.2, 0.25) is 0 Å². The molecule has 2 nitrogen and oxygen atoms in total. The van der Waals surface area contributed by atoms with Gasteiger partial charge in [-0.3, -0.25) is 0 Å². The molecule has 0 heterocycles. The van der Waals surface area contributed by atoms with Crippen LogP contribution in [0.1, 0.15) is 45.1 Å². The van der Waals surface area contributed by atoms with E-state index in [2.05, 4.69) is 44.3 Å². The molecule has 100 valence electrons. The second kappa shape index (κ2) is 6.12. The summed E-state index contributed by atoms with van der Waals surface area (Å²) in [5.41, 5.74) is 2.39. The highest BCUT2D eigenvalue weighted by molar-refractivity contribution is 5.58. The van der Waals surface area contributed by atoms with E-state index in [-0.39, 0.29) is 0 Å². The molecule has 1 unspecified atom stereocenters. The van der Waals surface area contributed by atoms with Crippen LogP contribution in [0.4, 0.5) is 5.69 Å². The number of aryl methyl sites for hydroxylation is 1. The third kappa shape index (κ3) is 3.94. The molecule has 0 aliphatic heterocycles. The largest absolute Gasteiger partial charge is 0.491 e. The molecular formula is C16H25NO. The minimum absolute atomic E-state index is 0.532. The Morgan fingerprint density at radius 3 is 2.83 bits per heavy atom. The molecule has 1 N–H and O–H groups in total. The molecule has 1 aromatic rings. The molecule has 0 saturated heterocycles. The first-order chi connectivity index (χ1) is 8.69. The van der Waals surface area contributed by atoms with E-state index < -0.39 is 0 Å². The summed E-state index contributed by atoms with van der Waals surface area (Å²) in [4.78, 5) is 0. The molecule has 0 spiro atoms. The molecule has 1 saturated carbocycles. The first-order valence-corrected chi connectivity index (χ1v) is 7.19. The third-order valence-electron chi connectivity index (χ3n) is 3.38. The fraction of sp³-hybridized carbons (Fsp3) is 0.625. The fourth-order valence-corrected chi connectivity index (χ4v) is 2.26. The van der Waals surface area contributed by atoms with Crippen molar-refractivity contribution >= 4 is 5.69 Å². The Hall–Kier alpha value is -1.18. The third-order valence-corrected chi connectivity index (χ3v) is 3.38. The van der Waals surface area contributed by atoms with Gasteiger partial charge < -0.3 is 10.1 Å². The number of rotatable bonds is 7. The lowest BCUT2D eigenvalue weighted by Gasteiger charge is -2.18. The summed E-state index contributed by atoms with van der Waals surface area (Å²) in [6.45, 7) is 7.30. The van der Waals surface area contributed by atoms with E-state index in [1.807, 2.05) is 0 Å². The molecule has 2 heteroatoms. The lowest BCUT2D eigenvalue weighted by Crippen LogP contribution is -2.16. The van der Waals surface area contributed by atoms with Crippen LogP contribution in [0.5, 0.6) is 5.75 Å². The summed E-state index contributed by atoms with van der Waals surface area (Å²) < 4.78 is 5.83. The van der Waals surface area contributed by atoms with Crippen LogP contribution in [0.2, 0.25) is 0 Å². The minimum Gasteiger partial charge on any atom is -0.491 e. The van der Waals surface area contributed by atoms with Crippen LogP contribution in [0, 0.1) is 12.8 Å². The molecular weight excluding hydrogens is 222 g/mol. The summed E-state index contributed by atoms with van der Waals surface area (Å²) in [6, 6.07) is 6.94. The first kappa shape index (κ1) is 13.3. The Morgan fingerprint density at radius 1 is 1.39 bits per heavy atom.